The molecule has 2 aliphatic rings. The van der Waals surface area contributed by atoms with Crippen molar-refractivity contribution >= 4 is 27.2 Å². The van der Waals surface area contributed by atoms with Gasteiger partial charge in [-0.25, -0.2) is 23.2 Å². The van der Waals surface area contributed by atoms with Crippen molar-refractivity contribution < 1.29 is 17.6 Å². The zero-order valence-electron chi connectivity index (χ0n) is 17.4. The van der Waals surface area contributed by atoms with Crippen LogP contribution in [-0.4, -0.2) is 56.0 Å². The second-order valence-electron chi connectivity index (χ2n) is 7.97. The Morgan fingerprint density at radius 3 is 2.71 bits per heavy atom. The maximum atomic E-state index is 13.6. The third-order valence-electron chi connectivity index (χ3n) is 5.61. The Morgan fingerprint density at radius 1 is 1.26 bits per heavy atom. The summed E-state index contributed by atoms with van der Waals surface area (Å²) < 4.78 is 38.0. The van der Waals surface area contributed by atoms with E-state index in [0.717, 1.165) is 12.5 Å². The SMILES string of the molecule is Cc1cc(NC2CC(Nc3ccccc3S(C)(=O)=O)C3C(=O)N(C)NC3N2)ncc1F. The first-order valence-corrected chi connectivity index (χ1v) is 11.8. The van der Waals surface area contributed by atoms with Crippen LogP contribution in [0.3, 0.4) is 0 Å². The van der Waals surface area contributed by atoms with Gasteiger partial charge in [0.1, 0.15) is 11.6 Å². The molecular weight excluding hydrogens is 423 g/mol. The van der Waals surface area contributed by atoms with Gasteiger partial charge in [0, 0.05) is 25.8 Å². The number of carbonyl (C=O) groups is 1. The molecule has 2 aliphatic heterocycles. The summed E-state index contributed by atoms with van der Waals surface area (Å²) in [7, 11) is -1.80. The number of piperidine rings is 1. The fourth-order valence-electron chi connectivity index (χ4n) is 4.10. The minimum Gasteiger partial charge on any atom is -0.380 e. The van der Waals surface area contributed by atoms with Crippen LogP contribution in [0.2, 0.25) is 0 Å². The van der Waals surface area contributed by atoms with Crippen LogP contribution >= 0.6 is 0 Å². The highest BCUT2D eigenvalue weighted by molar-refractivity contribution is 7.90. The number of carbonyl (C=O) groups excluding carboxylic acids is 1. The topological polar surface area (TPSA) is 115 Å². The van der Waals surface area contributed by atoms with E-state index in [1.54, 1.807) is 38.2 Å². The summed E-state index contributed by atoms with van der Waals surface area (Å²) in [5.41, 5.74) is 4.02. The molecule has 0 radical (unpaired) electrons. The Kier molecular flexibility index (Phi) is 5.58. The predicted octanol–water partition coefficient (Wildman–Crippen LogP) is 1.06. The lowest BCUT2D eigenvalue weighted by Crippen LogP contribution is -2.61. The van der Waals surface area contributed by atoms with Crippen molar-refractivity contribution in [2.24, 2.45) is 5.92 Å². The maximum absolute atomic E-state index is 13.6. The molecule has 4 rings (SSSR count). The van der Waals surface area contributed by atoms with Gasteiger partial charge in [-0.05, 0) is 30.7 Å². The highest BCUT2D eigenvalue weighted by atomic mass is 32.2. The summed E-state index contributed by atoms with van der Waals surface area (Å²) in [4.78, 5) is 17.0. The number of fused-ring (bicyclic) bond motifs is 1. The molecule has 1 aromatic heterocycles. The second kappa shape index (κ2) is 8.06. The number of anilines is 2. The van der Waals surface area contributed by atoms with E-state index < -0.39 is 15.8 Å². The monoisotopic (exact) mass is 448 g/mol. The zero-order valence-corrected chi connectivity index (χ0v) is 18.2. The van der Waals surface area contributed by atoms with Crippen LogP contribution in [0.5, 0.6) is 0 Å². The smallest absolute Gasteiger partial charge is 0.244 e. The Balaban J connectivity index is 1.61. The van der Waals surface area contributed by atoms with E-state index in [1.165, 1.54) is 11.1 Å². The number of sulfone groups is 1. The summed E-state index contributed by atoms with van der Waals surface area (Å²) >= 11 is 0. The molecule has 2 fully saturated rings. The third-order valence-corrected chi connectivity index (χ3v) is 6.76. The van der Waals surface area contributed by atoms with Crippen LogP contribution in [0.25, 0.3) is 0 Å². The Labute approximate surface area is 180 Å². The number of amides is 1. The van der Waals surface area contributed by atoms with Crippen molar-refractivity contribution in [3.05, 3.63) is 47.9 Å². The van der Waals surface area contributed by atoms with E-state index in [0.29, 0.717) is 23.5 Å². The quantitative estimate of drug-likeness (QED) is 0.537. The molecule has 0 bridgehead atoms. The number of nitrogens with zero attached hydrogens (tertiary/aromatic N) is 2. The fraction of sp³-hybridized carbons (Fsp3) is 0.400. The Morgan fingerprint density at radius 2 is 2.00 bits per heavy atom. The number of hydrazine groups is 1. The molecule has 3 heterocycles. The number of pyridine rings is 1. The highest BCUT2D eigenvalue weighted by Crippen LogP contribution is 2.31. The van der Waals surface area contributed by atoms with Gasteiger partial charge in [0.15, 0.2) is 9.84 Å². The van der Waals surface area contributed by atoms with Crippen molar-refractivity contribution in [1.29, 1.82) is 0 Å². The van der Waals surface area contributed by atoms with Crippen LogP contribution in [0.1, 0.15) is 12.0 Å². The third kappa shape index (κ3) is 4.34. The summed E-state index contributed by atoms with van der Waals surface area (Å²) in [6, 6.07) is 7.89. The van der Waals surface area contributed by atoms with Crippen LogP contribution in [0, 0.1) is 18.7 Å². The van der Waals surface area contributed by atoms with Gasteiger partial charge < -0.3 is 10.6 Å². The minimum absolute atomic E-state index is 0.0963. The molecule has 0 aliphatic carbocycles. The Hall–Kier alpha value is -2.76. The van der Waals surface area contributed by atoms with Gasteiger partial charge in [-0.15, -0.1) is 0 Å². The zero-order chi connectivity index (χ0) is 22.3. The van der Waals surface area contributed by atoms with E-state index in [2.05, 4.69) is 26.4 Å². The molecule has 11 heteroatoms. The summed E-state index contributed by atoms with van der Waals surface area (Å²) in [6.07, 6.45) is 2.11. The minimum atomic E-state index is -3.45. The van der Waals surface area contributed by atoms with Gasteiger partial charge in [0.05, 0.1) is 35.0 Å². The van der Waals surface area contributed by atoms with E-state index >= 15 is 0 Å². The van der Waals surface area contributed by atoms with Gasteiger partial charge in [0.2, 0.25) is 5.91 Å². The van der Waals surface area contributed by atoms with Crippen molar-refractivity contribution in [2.45, 2.75) is 36.6 Å². The molecule has 2 saturated heterocycles. The van der Waals surface area contributed by atoms with E-state index in [-0.39, 0.29) is 35.0 Å². The predicted molar refractivity (Wildman–Crippen MR) is 114 cm³/mol. The Bertz CT molecular complexity index is 1110. The first kappa shape index (κ1) is 21.5. The number of aromatic nitrogens is 1. The second-order valence-corrected chi connectivity index (χ2v) is 9.95. The van der Waals surface area contributed by atoms with Gasteiger partial charge in [0.25, 0.3) is 0 Å². The van der Waals surface area contributed by atoms with E-state index in [1.807, 2.05) is 0 Å². The lowest BCUT2D eigenvalue weighted by molar-refractivity contribution is -0.131. The summed E-state index contributed by atoms with van der Waals surface area (Å²) in [6.45, 7) is 1.66. The van der Waals surface area contributed by atoms with Crippen LogP contribution in [0.15, 0.2) is 41.4 Å². The molecule has 1 amide bonds. The average molecular weight is 449 g/mol. The summed E-state index contributed by atoms with van der Waals surface area (Å²) in [5.74, 6) is -0.425. The molecule has 0 saturated carbocycles. The molecule has 166 valence electrons. The number of benzene rings is 1. The van der Waals surface area contributed by atoms with Crippen molar-refractivity contribution in [3.8, 4) is 0 Å². The molecule has 4 N–H and O–H groups in total. The first-order chi connectivity index (χ1) is 14.6. The van der Waals surface area contributed by atoms with Gasteiger partial charge in [-0.3, -0.25) is 15.1 Å². The number of para-hydroxylation sites is 1. The van der Waals surface area contributed by atoms with E-state index in [4.69, 9.17) is 0 Å². The summed E-state index contributed by atoms with van der Waals surface area (Å²) in [5, 5.41) is 11.3. The standard InChI is InChI=1S/C20H25FN6O3S/c1-11-8-16(22-10-12(11)21)24-17-9-14(18-19(25-17)26-27(2)20(18)28)23-13-6-4-5-7-15(13)31(3,29)30/h4-8,10,14,17-19,23,25-26H,9H2,1-3H3,(H,22,24). The van der Waals surface area contributed by atoms with Crippen LogP contribution < -0.4 is 21.4 Å². The molecule has 4 unspecified atom stereocenters. The van der Waals surface area contributed by atoms with Crippen molar-refractivity contribution in [3.63, 3.8) is 0 Å². The largest absolute Gasteiger partial charge is 0.380 e. The molecular formula is C20H25FN6O3S. The molecule has 2 aromatic rings. The number of aryl methyl sites for hydroxylation is 1. The lowest BCUT2D eigenvalue weighted by atomic mass is 9.88. The average Bonchev–Trinajstić information content (AvgIpc) is 2.98. The molecule has 1 aromatic carbocycles. The van der Waals surface area contributed by atoms with Crippen LogP contribution in [-0.2, 0) is 14.6 Å². The number of nitrogens with one attached hydrogen (secondary N) is 4. The van der Waals surface area contributed by atoms with Gasteiger partial charge >= 0.3 is 0 Å². The highest BCUT2D eigenvalue weighted by Gasteiger charge is 2.48. The van der Waals surface area contributed by atoms with Gasteiger partial charge in [-0.2, -0.15) is 0 Å². The van der Waals surface area contributed by atoms with E-state index in [9.17, 15) is 17.6 Å². The number of rotatable bonds is 5. The number of hydrogen-bond acceptors (Lipinski definition) is 8. The lowest BCUT2D eigenvalue weighted by Gasteiger charge is -2.39. The van der Waals surface area contributed by atoms with Gasteiger partial charge in [-0.1, -0.05) is 12.1 Å². The molecule has 31 heavy (non-hydrogen) atoms. The number of hydrogen-bond donors (Lipinski definition) is 4. The molecule has 9 nitrogen and oxygen atoms in total. The number of halogens is 1. The van der Waals surface area contributed by atoms with Crippen LogP contribution in [0.4, 0.5) is 15.9 Å². The van der Waals surface area contributed by atoms with Crippen molar-refractivity contribution in [1.82, 2.24) is 20.7 Å². The van der Waals surface area contributed by atoms with Crippen molar-refractivity contribution in [2.75, 3.05) is 23.9 Å². The maximum Gasteiger partial charge on any atom is 0.244 e. The molecule has 0 spiro atoms. The fourth-order valence-corrected chi connectivity index (χ4v) is 4.96. The first-order valence-electron chi connectivity index (χ1n) is 9.87. The molecule has 4 atom stereocenters. The normalized spacial score (nSPS) is 25.9.